The van der Waals surface area contributed by atoms with Gasteiger partial charge >= 0.3 is 6.01 Å². The van der Waals surface area contributed by atoms with E-state index in [9.17, 15) is 0 Å². The molecule has 3 N–H and O–H groups in total. The van der Waals surface area contributed by atoms with Gasteiger partial charge in [0.1, 0.15) is 0 Å². The summed E-state index contributed by atoms with van der Waals surface area (Å²) in [7, 11) is 0. The van der Waals surface area contributed by atoms with Crippen LogP contribution in [0.5, 0.6) is 6.01 Å². The summed E-state index contributed by atoms with van der Waals surface area (Å²) in [6, 6.07) is 8.98. The number of nitrogens with one attached hydrogen (secondary N) is 1. The highest BCUT2D eigenvalue weighted by Crippen LogP contribution is 2.24. The summed E-state index contributed by atoms with van der Waals surface area (Å²) in [5, 5.41) is 3.32. The average Bonchev–Trinajstić information content (AvgIpc) is 2.78. The Balaban J connectivity index is 1.73. The van der Waals surface area contributed by atoms with Crippen molar-refractivity contribution in [1.29, 1.82) is 0 Å². The number of benzene rings is 1. The standard InChI is InChI=1S/C15H19N5O/c1-9(2)21-15-19-13(16)18-14(20-15)17-12-7-10-5-3-4-6-11(10)8-12/h3-6,9,12H,7-8H2,1-2H3,(H3,16,17,18,19,20). The van der Waals surface area contributed by atoms with Crippen molar-refractivity contribution in [1.82, 2.24) is 15.0 Å². The molecular formula is C15H19N5O. The minimum atomic E-state index is -0.00427. The van der Waals surface area contributed by atoms with Crippen LogP contribution in [0.2, 0.25) is 0 Å². The molecule has 1 aliphatic carbocycles. The molecule has 6 nitrogen and oxygen atoms in total. The number of nitrogens with two attached hydrogens (primary N) is 1. The molecule has 0 fully saturated rings. The summed E-state index contributed by atoms with van der Waals surface area (Å²) < 4.78 is 5.48. The van der Waals surface area contributed by atoms with Crippen LogP contribution in [0, 0.1) is 0 Å². The first kappa shape index (κ1) is 13.6. The van der Waals surface area contributed by atoms with Crippen LogP contribution in [0.1, 0.15) is 25.0 Å². The van der Waals surface area contributed by atoms with E-state index in [4.69, 9.17) is 10.5 Å². The fourth-order valence-corrected chi connectivity index (χ4v) is 2.54. The lowest BCUT2D eigenvalue weighted by molar-refractivity contribution is 0.222. The SMILES string of the molecule is CC(C)Oc1nc(N)nc(NC2Cc3ccccc3C2)n1. The largest absolute Gasteiger partial charge is 0.461 e. The van der Waals surface area contributed by atoms with E-state index in [1.807, 2.05) is 13.8 Å². The van der Waals surface area contributed by atoms with Crippen molar-refractivity contribution in [3.05, 3.63) is 35.4 Å². The third-order valence-electron chi connectivity index (χ3n) is 3.36. The zero-order valence-electron chi connectivity index (χ0n) is 12.2. The molecule has 1 aromatic carbocycles. The highest BCUT2D eigenvalue weighted by molar-refractivity contribution is 5.40. The van der Waals surface area contributed by atoms with Crippen LogP contribution in [-0.4, -0.2) is 27.1 Å². The van der Waals surface area contributed by atoms with Crippen LogP contribution in [-0.2, 0) is 12.8 Å². The van der Waals surface area contributed by atoms with E-state index in [1.54, 1.807) is 0 Å². The summed E-state index contributed by atoms with van der Waals surface area (Å²) >= 11 is 0. The van der Waals surface area contributed by atoms with Gasteiger partial charge in [0.15, 0.2) is 0 Å². The maximum atomic E-state index is 5.71. The van der Waals surface area contributed by atoms with E-state index < -0.39 is 0 Å². The van der Waals surface area contributed by atoms with Crippen molar-refractivity contribution in [2.45, 2.75) is 38.8 Å². The molecule has 0 radical (unpaired) electrons. The molecule has 0 amide bonds. The molecule has 1 aliphatic rings. The summed E-state index contributed by atoms with van der Waals surface area (Å²) in [5.74, 6) is 0.634. The normalized spacial score (nSPS) is 14.2. The Morgan fingerprint density at radius 2 is 1.81 bits per heavy atom. The van der Waals surface area contributed by atoms with Crippen LogP contribution in [0.25, 0.3) is 0 Å². The summed E-state index contributed by atoms with van der Waals surface area (Å²) in [5.41, 5.74) is 8.45. The zero-order valence-corrected chi connectivity index (χ0v) is 12.2. The van der Waals surface area contributed by atoms with Gasteiger partial charge in [-0.2, -0.15) is 15.0 Å². The minimum Gasteiger partial charge on any atom is -0.461 e. The molecule has 3 rings (SSSR count). The number of ether oxygens (including phenoxy) is 1. The molecule has 0 saturated carbocycles. The smallest absolute Gasteiger partial charge is 0.323 e. The van der Waals surface area contributed by atoms with Gasteiger partial charge in [0.2, 0.25) is 11.9 Å². The van der Waals surface area contributed by atoms with Crippen LogP contribution >= 0.6 is 0 Å². The fourth-order valence-electron chi connectivity index (χ4n) is 2.54. The minimum absolute atomic E-state index is 0.00427. The van der Waals surface area contributed by atoms with E-state index >= 15 is 0 Å². The maximum Gasteiger partial charge on any atom is 0.323 e. The van der Waals surface area contributed by atoms with Crippen molar-refractivity contribution in [2.75, 3.05) is 11.1 Å². The zero-order chi connectivity index (χ0) is 14.8. The molecular weight excluding hydrogens is 266 g/mol. The Kier molecular flexibility index (Phi) is 3.60. The molecule has 0 saturated heterocycles. The van der Waals surface area contributed by atoms with E-state index in [0.29, 0.717) is 5.95 Å². The number of anilines is 2. The number of hydrogen-bond donors (Lipinski definition) is 2. The molecule has 0 bridgehead atoms. The van der Waals surface area contributed by atoms with Crippen LogP contribution in [0.4, 0.5) is 11.9 Å². The summed E-state index contributed by atoms with van der Waals surface area (Å²) in [6.45, 7) is 3.83. The van der Waals surface area contributed by atoms with Gasteiger partial charge in [-0.1, -0.05) is 24.3 Å². The van der Waals surface area contributed by atoms with Crippen molar-refractivity contribution < 1.29 is 4.74 Å². The van der Waals surface area contributed by atoms with Gasteiger partial charge in [-0.05, 0) is 37.8 Å². The second kappa shape index (κ2) is 5.55. The van der Waals surface area contributed by atoms with Gasteiger partial charge < -0.3 is 15.8 Å². The van der Waals surface area contributed by atoms with Crippen molar-refractivity contribution in [3.8, 4) is 6.01 Å². The van der Waals surface area contributed by atoms with Crippen molar-refractivity contribution in [3.63, 3.8) is 0 Å². The van der Waals surface area contributed by atoms with Crippen LogP contribution < -0.4 is 15.8 Å². The molecule has 0 unspecified atom stereocenters. The topological polar surface area (TPSA) is 86.0 Å². The molecule has 0 aliphatic heterocycles. The lowest BCUT2D eigenvalue weighted by atomic mass is 10.1. The molecule has 6 heteroatoms. The average molecular weight is 285 g/mol. The molecule has 0 atom stereocenters. The van der Waals surface area contributed by atoms with Gasteiger partial charge in [0.25, 0.3) is 0 Å². The second-order valence-corrected chi connectivity index (χ2v) is 5.48. The lowest BCUT2D eigenvalue weighted by Gasteiger charge is -2.13. The second-order valence-electron chi connectivity index (χ2n) is 5.48. The van der Waals surface area contributed by atoms with Gasteiger partial charge in [0, 0.05) is 6.04 Å². The lowest BCUT2D eigenvalue weighted by Crippen LogP contribution is -2.22. The summed E-state index contributed by atoms with van der Waals surface area (Å²) in [6.07, 6.45) is 1.92. The van der Waals surface area contributed by atoms with Gasteiger partial charge in [-0.3, -0.25) is 0 Å². The first-order chi connectivity index (χ1) is 10.1. The third kappa shape index (κ3) is 3.21. The fraction of sp³-hybridized carbons (Fsp3) is 0.400. The molecule has 1 heterocycles. The molecule has 110 valence electrons. The highest BCUT2D eigenvalue weighted by Gasteiger charge is 2.22. The van der Waals surface area contributed by atoms with Crippen molar-refractivity contribution in [2.24, 2.45) is 0 Å². The number of hydrogen-bond acceptors (Lipinski definition) is 6. The molecule has 2 aromatic rings. The number of rotatable bonds is 4. The first-order valence-electron chi connectivity index (χ1n) is 7.11. The number of fused-ring (bicyclic) bond motifs is 1. The third-order valence-corrected chi connectivity index (χ3v) is 3.36. The number of nitrogen functional groups attached to an aromatic ring is 1. The van der Waals surface area contributed by atoms with Gasteiger partial charge in [0.05, 0.1) is 6.10 Å². The molecule has 0 spiro atoms. The number of aromatic nitrogens is 3. The van der Waals surface area contributed by atoms with Crippen molar-refractivity contribution >= 4 is 11.9 Å². The van der Waals surface area contributed by atoms with Gasteiger partial charge in [-0.25, -0.2) is 0 Å². The Hall–Kier alpha value is -2.37. The van der Waals surface area contributed by atoms with E-state index in [0.717, 1.165) is 12.8 Å². The predicted molar refractivity (Wildman–Crippen MR) is 81.3 cm³/mol. The quantitative estimate of drug-likeness (QED) is 0.891. The maximum absolute atomic E-state index is 5.71. The Morgan fingerprint density at radius 3 is 2.43 bits per heavy atom. The number of nitrogens with zero attached hydrogens (tertiary/aromatic N) is 3. The van der Waals surface area contributed by atoms with E-state index in [1.165, 1.54) is 11.1 Å². The Bertz CT molecular complexity index is 619. The first-order valence-corrected chi connectivity index (χ1v) is 7.11. The van der Waals surface area contributed by atoms with E-state index in [-0.39, 0.29) is 24.1 Å². The Morgan fingerprint density at radius 1 is 1.14 bits per heavy atom. The van der Waals surface area contributed by atoms with E-state index in [2.05, 4.69) is 44.5 Å². The Labute approximate surface area is 123 Å². The van der Waals surface area contributed by atoms with Gasteiger partial charge in [-0.15, -0.1) is 0 Å². The monoisotopic (exact) mass is 285 g/mol. The van der Waals surface area contributed by atoms with Crippen LogP contribution in [0.15, 0.2) is 24.3 Å². The molecule has 1 aromatic heterocycles. The summed E-state index contributed by atoms with van der Waals surface area (Å²) in [4.78, 5) is 12.4. The molecule has 21 heavy (non-hydrogen) atoms. The van der Waals surface area contributed by atoms with Crippen LogP contribution in [0.3, 0.4) is 0 Å². The predicted octanol–water partition coefficient (Wildman–Crippen LogP) is 1.82. The highest BCUT2D eigenvalue weighted by atomic mass is 16.5.